The van der Waals surface area contributed by atoms with Crippen LogP contribution in [-0.2, 0) is 9.63 Å². The number of amides is 2. The number of imide groups is 1. The highest BCUT2D eigenvalue weighted by atomic mass is 16.7. The first-order chi connectivity index (χ1) is 11.6. The van der Waals surface area contributed by atoms with Crippen molar-refractivity contribution in [3.05, 3.63) is 65.5 Å². The maximum absolute atomic E-state index is 12.1. The minimum absolute atomic E-state index is 0.0914. The maximum atomic E-state index is 12.1. The van der Waals surface area contributed by atoms with E-state index in [9.17, 15) is 14.4 Å². The van der Waals surface area contributed by atoms with Crippen LogP contribution in [0.2, 0.25) is 0 Å². The lowest BCUT2D eigenvalue weighted by Crippen LogP contribution is -2.35. The second kappa shape index (κ2) is 6.29. The second-order valence-electron chi connectivity index (χ2n) is 4.90. The Morgan fingerprint density at radius 1 is 1.08 bits per heavy atom. The molecular weight excluding hydrogens is 312 g/mol. The van der Waals surface area contributed by atoms with Crippen LogP contribution in [0.4, 0.5) is 0 Å². The molecule has 0 bridgehead atoms. The van der Waals surface area contributed by atoms with E-state index in [0.29, 0.717) is 5.69 Å². The van der Waals surface area contributed by atoms with Gasteiger partial charge in [-0.15, -0.1) is 0 Å². The van der Waals surface area contributed by atoms with Crippen molar-refractivity contribution < 1.29 is 19.2 Å². The fourth-order valence-corrected chi connectivity index (χ4v) is 2.20. The molecule has 2 heterocycles. The highest BCUT2D eigenvalue weighted by Gasteiger charge is 2.36. The Balaban J connectivity index is 1.66. The Hall–Kier alpha value is -3.55. The van der Waals surface area contributed by atoms with Crippen molar-refractivity contribution in [1.82, 2.24) is 9.88 Å². The van der Waals surface area contributed by atoms with Gasteiger partial charge in [-0.1, -0.05) is 23.4 Å². The van der Waals surface area contributed by atoms with Crippen LogP contribution >= 0.6 is 0 Å². The molecule has 0 saturated heterocycles. The topological polar surface area (TPSA) is 115 Å². The molecule has 1 aromatic heterocycles. The third kappa shape index (κ3) is 2.84. The second-order valence-corrected chi connectivity index (χ2v) is 4.90. The zero-order valence-electron chi connectivity index (χ0n) is 12.4. The molecule has 1 aliphatic heterocycles. The molecule has 120 valence electrons. The SMILES string of the molecule is N/C(=N/OC(=O)CN1C(=O)c2ccccc2C1=O)c1ccccn1. The highest BCUT2D eigenvalue weighted by molar-refractivity contribution is 6.22. The maximum Gasteiger partial charge on any atom is 0.354 e. The molecule has 1 aliphatic rings. The summed E-state index contributed by atoms with van der Waals surface area (Å²) in [5.41, 5.74) is 6.49. The number of oxime groups is 1. The van der Waals surface area contributed by atoms with Gasteiger partial charge in [-0.2, -0.15) is 0 Å². The smallest absolute Gasteiger partial charge is 0.354 e. The van der Waals surface area contributed by atoms with E-state index in [-0.39, 0.29) is 17.0 Å². The van der Waals surface area contributed by atoms with Gasteiger partial charge in [-0.05, 0) is 24.3 Å². The van der Waals surface area contributed by atoms with Crippen molar-refractivity contribution >= 4 is 23.6 Å². The predicted octanol–water partition coefficient (Wildman–Crippen LogP) is 0.541. The fraction of sp³-hybridized carbons (Fsp3) is 0.0625. The lowest BCUT2D eigenvalue weighted by molar-refractivity contribution is -0.143. The molecule has 2 aromatic rings. The van der Waals surface area contributed by atoms with E-state index in [1.54, 1.807) is 30.3 Å². The average molecular weight is 324 g/mol. The standard InChI is InChI=1S/C16H12N4O4/c17-14(12-7-3-4-8-18-12)19-24-13(21)9-20-15(22)10-5-1-2-6-11(10)16(20)23/h1-8H,9H2,(H2,17,19). The molecule has 2 amide bonds. The van der Waals surface area contributed by atoms with Crippen LogP contribution in [-0.4, -0.2) is 40.0 Å². The normalized spacial score (nSPS) is 13.8. The van der Waals surface area contributed by atoms with Crippen LogP contribution in [0.25, 0.3) is 0 Å². The van der Waals surface area contributed by atoms with Gasteiger partial charge in [-0.25, -0.2) is 4.79 Å². The van der Waals surface area contributed by atoms with Crippen LogP contribution < -0.4 is 5.73 Å². The van der Waals surface area contributed by atoms with Crippen molar-refractivity contribution in [2.45, 2.75) is 0 Å². The Kier molecular flexibility index (Phi) is 4.02. The number of hydrogen-bond donors (Lipinski definition) is 1. The van der Waals surface area contributed by atoms with Crippen molar-refractivity contribution in [3.63, 3.8) is 0 Å². The summed E-state index contributed by atoms with van der Waals surface area (Å²) in [5, 5.41) is 3.47. The Morgan fingerprint density at radius 3 is 2.29 bits per heavy atom. The van der Waals surface area contributed by atoms with Crippen LogP contribution in [0.15, 0.2) is 53.8 Å². The van der Waals surface area contributed by atoms with E-state index in [1.807, 2.05) is 0 Å². The van der Waals surface area contributed by atoms with Gasteiger partial charge in [0.25, 0.3) is 11.8 Å². The third-order valence-corrected chi connectivity index (χ3v) is 3.34. The first-order valence-corrected chi connectivity index (χ1v) is 6.98. The fourth-order valence-electron chi connectivity index (χ4n) is 2.20. The molecule has 1 aromatic carbocycles. The summed E-state index contributed by atoms with van der Waals surface area (Å²) in [7, 11) is 0. The summed E-state index contributed by atoms with van der Waals surface area (Å²) in [6.45, 7) is -0.550. The number of pyridine rings is 1. The first kappa shape index (κ1) is 15.3. The molecule has 24 heavy (non-hydrogen) atoms. The zero-order chi connectivity index (χ0) is 17.1. The third-order valence-electron chi connectivity index (χ3n) is 3.34. The van der Waals surface area contributed by atoms with Gasteiger partial charge in [0.2, 0.25) is 0 Å². The molecule has 8 nitrogen and oxygen atoms in total. The number of fused-ring (bicyclic) bond motifs is 1. The van der Waals surface area contributed by atoms with Crippen LogP contribution in [0.1, 0.15) is 26.4 Å². The molecule has 0 spiro atoms. The molecule has 0 radical (unpaired) electrons. The molecule has 8 heteroatoms. The summed E-state index contributed by atoms with van der Waals surface area (Å²) in [6.07, 6.45) is 1.51. The number of carbonyl (C=O) groups is 3. The summed E-state index contributed by atoms with van der Waals surface area (Å²) < 4.78 is 0. The van der Waals surface area contributed by atoms with Gasteiger partial charge < -0.3 is 10.6 Å². The molecule has 0 aliphatic carbocycles. The quantitative estimate of drug-likeness (QED) is 0.289. The molecule has 0 atom stereocenters. The number of hydrogen-bond acceptors (Lipinski definition) is 6. The zero-order valence-corrected chi connectivity index (χ0v) is 12.4. The van der Waals surface area contributed by atoms with Crippen LogP contribution in [0, 0.1) is 0 Å². The lowest BCUT2D eigenvalue weighted by Gasteiger charge is -2.11. The van der Waals surface area contributed by atoms with E-state index in [0.717, 1.165) is 4.90 Å². The van der Waals surface area contributed by atoms with Gasteiger partial charge in [0.05, 0.1) is 11.1 Å². The summed E-state index contributed by atoms with van der Waals surface area (Å²) >= 11 is 0. The molecule has 0 saturated carbocycles. The molecular formula is C16H12N4O4. The van der Waals surface area contributed by atoms with Gasteiger partial charge in [-0.3, -0.25) is 19.5 Å². The van der Waals surface area contributed by atoms with E-state index in [4.69, 9.17) is 5.73 Å². The van der Waals surface area contributed by atoms with Crippen molar-refractivity contribution in [1.29, 1.82) is 0 Å². The largest absolute Gasteiger partial charge is 0.379 e. The number of nitrogens with zero attached hydrogens (tertiary/aromatic N) is 3. The number of rotatable bonds is 4. The van der Waals surface area contributed by atoms with Crippen LogP contribution in [0.5, 0.6) is 0 Å². The number of amidine groups is 1. The Bertz CT molecular complexity index is 813. The molecule has 0 unspecified atom stereocenters. The minimum atomic E-state index is -0.886. The van der Waals surface area contributed by atoms with Crippen molar-refractivity contribution in [2.24, 2.45) is 10.9 Å². The van der Waals surface area contributed by atoms with Crippen molar-refractivity contribution in [2.75, 3.05) is 6.54 Å². The van der Waals surface area contributed by atoms with Crippen molar-refractivity contribution in [3.8, 4) is 0 Å². The summed E-state index contributed by atoms with van der Waals surface area (Å²) in [4.78, 5) is 45.5. The number of benzene rings is 1. The van der Waals surface area contributed by atoms with E-state index < -0.39 is 24.3 Å². The van der Waals surface area contributed by atoms with Crippen LogP contribution in [0.3, 0.4) is 0 Å². The minimum Gasteiger partial charge on any atom is -0.379 e. The molecule has 3 rings (SSSR count). The Morgan fingerprint density at radius 2 is 1.71 bits per heavy atom. The van der Waals surface area contributed by atoms with Gasteiger partial charge in [0.1, 0.15) is 12.2 Å². The number of aromatic nitrogens is 1. The lowest BCUT2D eigenvalue weighted by atomic mass is 10.1. The molecule has 0 fully saturated rings. The van der Waals surface area contributed by atoms with E-state index in [2.05, 4.69) is 15.0 Å². The van der Waals surface area contributed by atoms with Gasteiger partial charge in [0, 0.05) is 6.20 Å². The summed E-state index contributed by atoms with van der Waals surface area (Å²) in [6, 6.07) is 11.3. The van der Waals surface area contributed by atoms with Gasteiger partial charge in [0.15, 0.2) is 5.84 Å². The Labute approximate surface area is 136 Å². The number of nitrogens with two attached hydrogens (primary N) is 1. The van der Waals surface area contributed by atoms with Gasteiger partial charge >= 0.3 is 5.97 Å². The number of carbonyl (C=O) groups excluding carboxylic acids is 3. The molecule has 2 N–H and O–H groups in total. The van der Waals surface area contributed by atoms with E-state index >= 15 is 0 Å². The van der Waals surface area contributed by atoms with E-state index in [1.165, 1.54) is 18.3 Å². The highest BCUT2D eigenvalue weighted by Crippen LogP contribution is 2.22. The predicted molar refractivity (Wildman–Crippen MR) is 82.9 cm³/mol. The average Bonchev–Trinajstić information content (AvgIpc) is 2.86. The summed E-state index contributed by atoms with van der Waals surface area (Å²) in [5.74, 6) is -2.07. The monoisotopic (exact) mass is 324 g/mol. The first-order valence-electron chi connectivity index (χ1n) is 6.98.